The van der Waals surface area contributed by atoms with E-state index in [2.05, 4.69) is 0 Å². The first-order chi connectivity index (χ1) is 12.4. The molecule has 3 rings (SSSR count). The van der Waals surface area contributed by atoms with E-state index in [9.17, 15) is 13.2 Å². The van der Waals surface area contributed by atoms with Crippen LogP contribution in [0.5, 0.6) is 0 Å². The van der Waals surface area contributed by atoms with Gasteiger partial charge in [-0.25, -0.2) is 4.79 Å². The van der Waals surface area contributed by atoms with Gasteiger partial charge < -0.3 is 9.47 Å². The maximum Gasteiger partial charge on any atom is 0.338 e. The number of rotatable bonds is 6. The van der Waals surface area contributed by atoms with Crippen molar-refractivity contribution in [3.63, 3.8) is 0 Å². The highest BCUT2D eigenvalue weighted by Gasteiger charge is 2.31. The van der Waals surface area contributed by atoms with Crippen LogP contribution in [0.1, 0.15) is 22.3 Å². The van der Waals surface area contributed by atoms with Gasteiger partial charge in [-0.05, 0) is 31.2 Å². The van der Waals surface area contributed by atoms with Crippen molar-refractivity contribution in [1.29, 1.82) is 0 Å². The normalized spacial score (nSPS) is 20.0. The van der Waals surface area contributed by atoms with Crippen LogP contribution in [-0.4, -0.2) is 39.8 Å². The quantitative estimate of drug-likeness (QED) is 0.570. The van der Waals surface area contributed by atoms with Crippen LogP contribution in [0.2, 0.25) is 0 Å². The minimum atomic E-state index is -3.85. The summed E-state index contributed by atoms with van der Waals surface area (Å²) in [4.78, 5) is 12.0. The number of benzene rings is 2. The van der Waals surface area contributed by atoms with Crippen LogP contribution in [-0.2, 0) is 23.8 Å². The van der Waals surface area contributed by atoms with Gasteiger partial charge in [0, 0.05) is 6.42 Å². The molecule has 1 fully saturated rings. The molecule has 1 saturated heterocycles. The number of hydrogen-bond donors (Lipinski definition) is 0. The SMILES string of the molecule is Cc1ccc(S(=O)(=O)O[C@H]2CO[C@H](COC(=O)c3ccccc3)C2)cc1. The van der Waals surface area contributed by atoms with E-state index in [1.54, 1.807) is 36.4 Å². The summed E-state index contributed by atoms with van der Waals surface area (Å²) < 4.78 is 40.5. The monoisotopic (exact) mass is 376 g/mol. The van der Waals surface area contributed by atoms with Gasteiger partial charge >= 0.3 is 5.97 Å². The topological polar surface area (TPSA) is 78.9 Å². The number of esters is 1. The van der Waals surface area contributed by atoms with Crippen LogP contribution in [0.4, 0.5) is 0 Å². The van der Waals surface area contributed by atoms with Gasteiger partial charge in [-0.2, -0.15) is 8.42 Å². The molecule has 0 N–H and O–H groups in total. The maximum absolute atomic E-state index is 12.3. The highest BCUT2D eigenvalue weighted by molar-refractivity contribution is 7.86. The predicted octanol–water partition coefficient (Wildman–Crippen LogP) is 2.71. The van der Waals surface area contributed by atoms with Gasteiger partial charge in [0.05, 0.1) is 23.2 Å². The van der Waals surface area contributed by atoms with E-state index in [0.29, 0.717) is 12.0 Å². The predicted molar refractivity (Wildman–Crippen MR) is 94.3 cm³/mol. The summed E-state index contributed by atoms with van der Waals surface area (Å²) in [6, 6.07) is 15.1. The number of carbonyl (C=O) groups excluding carboxylic acids is 1. The second-order valence-electron chi connectivity index (χ2n) is 6.14. The molecule has 0 bridgehead atoms. The number of ether oxygens (including phenoxy) is 2. The van der Waals surface area contributed by atoms with Gasteiger partial charge in [-0.1, -0.05) is 35.9 Å². The third-order valence-corrected chi connectivity index (χ3v) is 5.40. The van der Waals surface area contributed by atoms with Crippen molar-refractivity contribution in [3.8, 4) is 0 Å². The lowest BCUT2D eigenvalue weighted by molar-refractivity contribution is 0.0151. The molecule has 6 nitrogen and oxygen atoms in total. The maximum atomic E-state index is 12.3. The first-order valence-corrected chi connectivity index (χ1v) is 9.68. The molecule has 26 heavy (non-hydrogen) atoms. The van der Waals surface area contributed by atoms with E-state index < -0.39 is 22.2 Å². The molecule has 0 aromatic heterocycles. The summed E-state index contributed by atoms with van der Waals surface area (Å²) in [5, 5.41) is 0. The van der Waals surface area contributed by atoms with Crippen LogP contribution in [0.15, 0.2) is 59.5 Å². The molecule has 1 heterocycles. The molecule has 0 radical (unpaired) electrons. The Morgan fingerprint density at radius 1 is 1.12 bits per heavy atom. The molecule has 0 amide bonds. The first kappa shape index (κ1) is 18.6. The fourth-order valence-electron chi connectivity index (χ4n) is 2.62. The lowest BCUT2D eigenvalue weighted by Gasteiger charge is -2.11. The lowest BCUT2D eigenvalue weighted by atomic mass is 10.2. The summed E-state index contributed by atoms with van der Waals surface area (Å²) >= 11 is 0. The molecule has 2 aromatic carbocycles. The molecule has 0 saturated carbocycles. The van der Waals surface area contributed by atoms with E-state index >= 15 is 0 Å². The smallest absolute Gasteiger partial charge is 0.338 e. The van der Waals surface area contributed by atoms with Crippen molar-refractivity contribution in [2.75, 3.05) is 13.2 Å². The third-order valence-electron chi connectivity index (χ3n) is 4.03. The van der Waals surface area contributed by atoms with Crippen molar-refractivity contribution in [1.82, 2.24) is 0 Å². The Bertz CT molecular complexity index is 845. The summed E-state index contributed by atoms with van der Waals surface area (Å²) in [5.41, 5.74) is 1.42. The van der Waals surface area contributed by atoms with Crippen molar-refractivity contribution in [2.45, 2.75) is 30.4 Å². The van der Waals surface area contributed by atoms with E-state index in [0.717, 1.165) is 5.56 Å². The van der Waals surface area contributed by atoms with Gasteiger partial charge in [-0.15, -0.1) is 0 Å². The van der Waals surface area contributed by atoms with Gasteiger partial charge in [0.1, 0.15) is 12.7 Å². The fraction of sp³-hybridized carbons (Fsp3) is 0.316. The van der Waals surface area contributed by atoms with Crippen LogP contribution in [0.25, 0.3) is 0 Å². The molecule has 0 aliphatic carbocycles. The summed E-state index contributed by atoms with van der Waals surface area (Å²) in [7, 11) is -3.85. The number of hydrogen-bond acceptors (Lipinski definition) is 6. The zero-order valence-corrected chi connectivity index (χ0v) is 15.1. The van der Waals surface area contributed by atoms with E-state index in [4.69, 9.17) is 13.7 Å². The Hall–Kier alpha value is -2.22. The number of carbonyl (C=O) groups is 1. The zero-order chi connectivity index (χ0) is 18.6. The van der Waals surface area contributed by atoms with Gasteiger partial charge in [0.15, 0.2) is 0 Å². The summed E-state index contributed by atoms with van der Waals surface area (Å²) in [6.45, 7) is 2.07. The average Bonchev–Trinajstić information content (AvgIpc) is 3.07. The Labute approximate surface area is 152 Å². The van der Waals surface area contributed by atoms with Crippen LogP contribution in [0, 0.1) is 6.92 Å². The van der Waals surface area contributed by atoms with Gasteiger partial charge in [0.25, 0.3) is 10.1 Å². The van der Waals surface area contributed by atoms with E-state index in [-0.39, 0.29) is 24.2 Å². The minimum Gasteiger partial charge on any atom is -0.459 e. The molecule has 1 aliphatic rings. The Morgan fingerprint density at radius 3 is 2.50 bits per heavy atom. The Morgan fingerprint density at radius 2 is 1.81 bits per heavy atom. The number of aryl methyl sites for hydroxylation is 1. The van der Waals surface area contributed by atoms with E-state index in [1.807, 2.05) is 13.0 Å². The molecule has 2 atom stereocenters. The van der Waals surface area contributed by atoms with Crippen molar-refractivity contribution < 1.29 is 26.9 Å². The highest BCUT2D eigenvalue weighted by atomic mass is 32.2. The summed E-state index contributed by atoms with van der Waals surface area (Å²) in [5.74, 6) is -0.439. The van der Waals surface area contributed by atoms with Crippen LogP contribution < -0.4 is 0 Å². The molecule has 1 aliphatic heterocycles. The Balaban J connectivity index is 1.51. The summed E-state index contributed by atoms with van der Waals surface area (Å²) in [6.07, 6.45) is -0.643. The van der Waals surface area contributed by atoms with Crippen LogP contribution in [0.3, 0.4) is 0 Å². The molecular weight excluding hydrogens is 356 g/mol. The standard InChI is InChI=1S/C19H20O6S/c1-14-7-9-18(10-8-14)26(21,22)25-17-11-16(23-13-17)12-24-19(20)15-5-3-2-4-6-15/h2-10,16-17H,11-13H2,1H3/t16-,17+/m0/s1. The second kappa shape index (κ2) is 7.99. The Kier molecular flexibility index (Phi) is 5.70. The average molecular weight is 376 g/mol. The van der Waals surface area contributed by atoms with Crippen LogP contribution >= 0.6 is 0 Å². The molecule has 0 spiro atoms. The molecule has 2 aromatic rings. The lowest BCUT2D eigenvalue weighted by Crippen LogP contribution is -2.21. The van der Waals surface area contributed by atoms with Crippen molar-refractivity contribution in [3.05, 3.63) is 65.7 Å². The largest absolute Gasteiger partial charge is 0.459 e. The van der Waals surface area contributed by atoms with Gasteiger partial charge in [-0.3, -0.25) is 4.18 Å². The zero-order valence-electron chi connectivity index (χ0n) is 14.3. The second-order valence-corrected chi connectivity index (χ2v) is 7.71. The molecule has 7 heteroatoms. The van der Waals surface area contributed by atoms with Crippen molar-refractivity contribution in [2.24, 2.45) is 0 Å². The minimum absolute atomic E-state index is 0.0537. The first-order valence-electron chi connectivity index (χ1n) is 8.28. The third kappa shape index (κ3) is 4.69. The van der Waals surface area contributed by atoms with Gasteiger partial charge in [0.2, 0.25) is 0 Å². The van der Waals surface area contributed by atoms with Crippen molar-refractivity contribution >= 4 is 16.1 Å². The van der Waals surface area contributed by atoms with E-state index in [1.165, 1.54) is 12.1 Å². The molecular formula is C19H20O6S. The molecule has 0 unspecified atom stereocenters. The highest BCUT2D eigenvalue weighted by Crippen LogP contribution is 2.22. The molecule has 138 valence electrons. The fourth-order valence-corrected chi connectivity index (χ4v) is 3.69.